The fourth-order valence-corrected chi connectivity index (χ4v) is 2.31. The van der Waals surface area contributed by atoms with Crippen LogP contribution in [0, 0.1) is 0 Å². The van der Waals surface area contributed by atoms with E-state index >= 15 is 0 Å². The van der Waals surface area contributed by atoms with E-state index in [0.29, 0.717) is 13.0 Å². The van der Waals surface area contributed by atoms with Gasteiger partial charge in [-0.2, -0.15) is 0 Å². The molecule has 0 aromatic carbocycles. The second-order valence-electron chi connectivity index (χ2n) is 4.74. The molecular weight excluding hydrogens is 276 g/mol. The van der Waals surface area contributed by atoms with Gasteiger partial charge in [0.15, 0.2) is 0 Å². The second-order valence-corrected chi connectivity index (χ2v) is 7.00. The smallest absolute Gasteiger partial charge is 0.326 e. The van der Waals surface area contributed by atoms with E-state index in [1.54, 1.807) is 0 Å². The van der Waals surface area contributed by atoms with Crippen molar-refractivity contribution in [1.82, 2.24) is 5.32 Å². The van der Waals surface area contributed by atoms with Gasteiger partial charge in [-0.1, -0.05) is 0 Å². The van der Waals surface area contributed by atoms with E-state index in [1.165, 1.54) is 0 Å². The Kier molecular flexibility index (Phi) is 4.88. The first-order valence-corrected chi connectivity index (χ1v) is 7.78. The number of carbonyl (C=O) groups excluding carboxylic acids is 1. The van der Waals surface area contributed by atoms with Crippen LogP contribution in [-0.2, 0) is 24.2 Å². The predicted molar refractivity (Wildman–Crippen MR) is 66.2 cm³/mol. The zero-order valence-electron chi connectivity index (χ0n) is 10.6. The summed E-state index contributed by atoms with van der Waals surface area (Å²) in [6.07, 6.45) is 1.11. The van der Waals surface area contributed by atoms with Crippen LogP contribution < -0.4 is 11.1 Å². The molecule has 2 unspecified atom stereocenters. The van der Waals surface area contributed by atoms with Crippen LogP contribution in [0.1, 0.15) is 12.8 Å². The summed E-state index contributed by atoms with van der Waals surface area (Å²) in [6.45, 7) is 0.363. The first-order chi connectivity index (χ1) is 8.64. The highest BCUT2D eigenvalue weighted by molar-refractivity contribution is 7.90. The Hall–Kier alpha value is -1.19. The lowest BCUT2D eigenvalue weighted by molar-refractivity contribution is -0.142. The molecule has 0 aromatic heterocycles. The molecule has 1 amide bonds. The maximum atomic E-state index is 11.9. The Labute approximate surface area is 111 Å². The average molecular weight is 294 g/mol. The fourth-order valence-electron chi connectivity index (χ4n) is 1.65. The Balaban J connectivity index is 2.63. The molecule has 1 saturated heterocycles. The summed E-state index contributed by atoms with van der Waals surface area (Å²) in [5.74, 6) is -2.25. The third-order valence-electron chi connectivity index (χ3n) is 2.89. The lowest BCUT2D eigenvalue weighted by Crippen LogP contribution is -2.58. The minimum atomic E-state index is -3.29. The van der Waals surface area contributed by atoms with E-state index in [0.717, 1.165) is 6.26 Å². The van der Waals surface area contributed by atoms with Crippen molar-refractivity contribution in [2.24, 2.45) is 5.73 Å². The normalized spacial score (nSPS) is 24.9. The minimum Gasteiger partial charge on any atom is -0.480 e. The zero-order valence-corrected chi connectivity index (χ0v) is 11.4. The number of sulfone groups is 1. The van der Waals surface area contributed by atoms with Crippen LogP contribution in [0.15, 0.2) is 0 Å². The quantitative estimate of drug-likeness (QED) is 0.521. The first-order valence-electron chi connectivity index (χ1n) is 5.72. The van der Waals surface area contributed by atoms with Gasteiger partial charge in [0.05, 0.1) is 12.4 Å². The van der Waals surface area contributed by atoms with Crippen LogP contribution in [0.25, 0.3) is 0 Å². The van der Waals surface area contributed by atoms with Crippen molar-refractivity contribution >= 4 is 21.7 Å². The molecule has 0 aromatic rings. The standard InChI is InChI=1S/C10H18N2O6S/c1-19(16,17)5-2-7(8(13)14)12-9(15)10(11)3-4-18-6-10/h7H,2-6,11H2,1H3,(H,12,15)(H,13,14). The van der Waals surface area contributed by atoms with E-state index in [4.69, 9.17) is 15.6 Å². The van der Waals surface area contributed by atoms with Gasteiger partial charge < -0.3 is 20.9 Å². The topological polar surface area (TPSA) is 136 Å². The molecule has 1 fully saturated rings. The number of carboxylic acids is 1. The predicted octanol–water partition coefficient (Wildman–Crippen LogP) is -1.89. The number of amides is 1. The average Bonchev–Trinajstić information content (AvgIpc) is 2.70. The third-order valence-corrected chi connectivity index (χ3v) is 3.86. The SMILES string of the molecule is CS(=O)(=O)CCC(NC(=O)C1(N)CCOC1)C(=O)O. The van der Waals surface area contributed by atoms with Gasteiger partial charge in [0.2, 0.25) is 5.91 Å². The molecule has 0 bridgehead atoms. The van der Waals surface area contributed by atoms with E-state index in [1.807, 2.05) is 0 Å². The third kappa shape index (κ3) is 4.77. The molecule has 2 atom stereocenters. The number of aliphatic carboxylic acids is 1. The van der Waals surface area contributed by atoms with Crippen LogP contribution in [0.2, 0.25) is 0 Å². The van der Waals surface area contributed by atoms with Gasteiger partial charge in [-0.05, 0) is 12.8 Å². The van der Waals surface area contributed by atoms with Gasteiger partial charge in [0.25, 0.3) is 0 Å². The van der Waals surface area contributed by atoms with E-state index in [-0.39, 0.29) is 18.8 Å². The van der Waals surface area contributed by atoms with Crippen molar-refractivity contribution in [3.05, 3.63) is 0 Å². The molecule has 19 heavy (non-hydrogen) atoms. The molecule has 9 heteroatoms. The highest BCUT2D eigenvalue weighted by Crippen LogP contribution is 2.16. The first kappa shape index (κ1) is 15.9. The molecule has 1 aliphatic heterocycles. The van der Waals surface area contributed by atoms with Gasteiger partial charge in [0, 0.05) is 12.9 Å². The molecule has 8 nitrogen and oxygen atoms in total. The van der Waals surface area contributed by atoms with Crippen molar-refractivity contribution in [2.75, 3.05) is 25.2 Å². The Morgan fingerprint density at radius 2 is 2.16 bits per heavy atom. The highest BCUT2D eigenvalue weighted by Gasteiger charge is 2.39. The second kappa shape index (κ2) is 5.85. The Morgan fingerprint density at radius 1 is 1.53 bits per heavy atom. The molecule has 1 rings (SSSR count). The summed E-state index contributed by atoms with van der Waals surface area (Å²) in [7, 11) is -3.29. The van der Waals surface area contributed by atoms with Gasteiger partial charge >= 0.3 is 5.97 Å². The number of nitrogens with one attached hydrogen (secondary N) is 1. The molecular formula is C10H18N2O6S. The molecule has 4 N–H and O–H groups in total. The van der Waals surface area contributed by atoms with Gasteiger partial charge in [-0.25, -0.2) is 13.2 Å². The van der Waals surface area contributed by atoms with Crippen molar-refractivity contribution in [3.8, 4) is 0 Å². The van der Waals surface area contributed by atoms with E-state index in [2.05, 4.69) is 5.32 Å². The maximum absolute atomic E-state index is 11.9. The largest absolute Gasteiger partial charge is 0.480 e. The lowest BCUT2D eigenvalue weighted by Gasteiger charge is -2.23. The number of carbonyl (C=O) groups is 2. The summed E-state index contributed by atoms with van der Waals surface area (Å²) < 4.78 is 27.0. The number of hydrogen-bond acceptors (Lipinski definition) is 6. The van der Waals surface area contributed by atoms with Crippen LogP contribution >= 0.6 is 0 Å². The summed E-state index contributed by atoms with van der Waals surface area (Å²) in [4.78, 5) is 22.9. The highest BCUT2D eigenvalue weighted by atomic mass is 32.2. The minimum absolute atomic E-state index is 0.0250. The fraction of sp³-hybridized carbons (Fsp3) is 0.800. The van der Waals surface area contributed by atoms with Crippen LogP contribution in [-0.4, -0.2) is 62.2 Å². The van der Waals surface area contributed by atoms with Gasteiger partial charge in [0.1, 0.15) is 21.4 Å². The number of ether oxygens (including phenoxy) is 1. The van der Waals surface area contributed by atoms with Crippen LogP contribution in [0.3, 0.4) is 0 Å². The van der Waals surface area contributed by atoms with Crippen molar-refractivity contribution in [2.45, 2.75) is 24.4 Å². The summed E-state index contributed by atoms with van der Waals surface area (Å²) in [5, 5.41) is 11.2. The molecule has 0 aliphatic carbocycles. The van der Waals surface area contributed by atoms with Gasteiger partial charge in [-0.15, -0.1) is 0 Å². The molecule has 1 aliphatic rings. The van der Waals surface area contributed by atoms with Crippen molar-refractivity contribution < 1.29 is 27.9 Å². The molecule has 110 valence electrons. The lowest BCUT2D eigenvalue weighted by atomic mass is 9.98. The van der Waals surface area contributed by atoms with Crippen LogP contribution in [0.4, 0.5) is 0 Å². The van der Waals surface area contributed by atoms with Crippen molar-refractivity contribution in [1.29, 1.82) is 0 Å². The number of rotatable bonds is 6. The number of carboxylic acid groups (broad SMARTS) is 1. The Morgan fingerprint density at radius 3 is 2.58 bits per heavy atom. The summed E-state index contributed by atoms with van der Waals surface area (Å²) in [5.41, 5.74) is 4.55. The maximum Gasteiger partial charge on any atom is 0.326 e. The van der Waals surface area contributed by atoms with Gasteiger partial charge in [-0.3, -0.25) is 4.79 Å². The Bertz CT molecular complexity index is 455. The number of nitrogens with two attached hydrogens (primary N) is 1. The van der Waals surface area contributed by atoms with Crippen molar-refractivity contribution in [3.63, 3.8) is 0 Å². The summed E-state index contributed by atoms with van der Waals surface area (Å²) in [6, 6.07) is -1.27. The number of hydrogen-bond donors (Lipinski definition) is 3. The zero-order chi connectivity index (χ0) is 14.7. The molecule has 0 saturated carbocycles. The summed E-state index contributed by atoms with van der Waals surface area (Å²) >= 11 is 0. The van der Waals surface area contributed by atoms with E-state index < -0.39 is 33.3 Å². The van der Waals surface area contributed by atoms with E-state index in [9.17, 15) is 18.0 Å². The molecule has 0 spiro atoms. The monoisotopic (exact) mass is 294 g/mol. The molecule has 0 radical (unpaired) electrons. The molecule has 1 heterocycles. The van der Waals surface area contributed by atoms with Crippen LogP contribution in [0.5, 0.6) is 0 Å².